The maximum atomic E-state index is 11.8. The fourth-order valence-electron chi connectivity index (χ4n) is 2.57. The molecule has 19 heavy (non-hydrogen) atoms. The number of ether oxygens (including phenoxy) is 2. The standard InChI is InChI=1S/C14H20N2O3/c1-18-10-5-6-11(12(9-10)19-2)13(14(15)17)16-7-3-4-8-16/h5-6,9,13H,3-4,7-8H2,1-2H3,(H2,15,17). The Morgan fingerprint density at radius 2 is 1.95 bits per heavy atom. The van der Waals surface area contributed by atoms with Crippen LogP contribution in [0.4, 0.5) is 0 Å². The van der Waals surface area contributed by atoms with E-state index in [1.54, 1.807) is 20.3 Å². The molecule has 0 bridgehead atoms. The second-order valence-corrected chi connectivity index (χ2v) is 4.66. The summed E-state index contributed by atoms with van der Waals surface area (Å²) < 4.78 is 10.5. The number of benzene rings is 1. The molecular formula is C14H20N2O3. The number of carbonyl (C=O) groups is 1. The molecule has 0 aliphatic carbocycles. The largest absolute Gasteiger partial charge is 0.497 e. The van der Waals surface area contributed by atoms with Crippen molar-refractivity contribution in [3.8, 4) is 11.5 Å². The lowest BCUT2D eigenvalue weighted by Gasteiger charge is -2.26. The molecule has 1 aliphatic heterocycles. The van der Waals surface area contributed by atoms with Gasteiger partial charge in [0.2, 0.25) is 5.91 Å². The maximum absolute atomic E-state index is 11.8. The van der Waals surface area contributed by atoms with E-state index in [9.17, 15) is 4.79 Å². The Bertz CT molecular complexity index is 456. The number of amides is 1. The van der Waals surface area contributed by atoms with E-state index in [4.69, 9.17) is 15.2 Å². The third kappa shape index (κ3) is 2.81. The fraction of sp³-hybridized carbons (Fsp3) is 0.500. The molecule has 5 heteroatoms. The predicted molar refractivity (Wildman–Crippen MR) is 72.3 cm³/mol. The van der Waals surface area contributed by atoms with Gasteiger partial charge in [0, 0.05) is 11.6 Å². The number of likely N-dealkylation sites (tertiary alicyclic amines) is 1. The zero-order valence-electron chi connectivity index (χ0n) is 11.4. The molecule has 2 N–H and O–H groups in total. The molecule has 1 aromatic rings. The normalized spacial score (nSPS) is 17.2. The average molecular weight is 264 g/mol. The van der Waals surface area contributed by atoms with Crippen LogP contribution in [0, 0.1) is 0 Å². The lowest BCUT2D eigenvalue weighted by Crippen LogP contribution is -2.36. The van der Waals surface area contributed by atoms with Crippen LogP contribution in [0.2, 0.25) is 0 Å². The third-order valence-corrected chi connectivity index (χ3v) is 3.51. The Balaban J connectivity index is 2.38. The minimum absolute atomic E-state index is 0.342. The summed E-state index contributed by atoms with van der Waals surface area (Å²) in [5, 5.41) is 0. The summed E-state index contributed by atoms with van der Waals surface area (Å²) >= 11 is 0. The van der Waals surface area contributed by atoms with Crippen molar-refractivity contribution < 1.29 is 14.3 Å². The second kappa shape index (κ2) is 5.93. The minimum atomic E-state index is -0.427. The lowest BCUT2D eigenvalue weighted by molar-refractivity contribution is -0.123. The van der Waals surface area contributed by atoms with E-state index in [2.05, 4.69) is 4.90 Å². The van der Waals surface area contributed by atoms with Crippen molar-refractivity contribution in [3.05, 3.63) is 23.8 Å². The van der Waals surface area contributed by atoms with Crippen molar-refractivity contribution in [2.24, 2.45) is 5.73 Å². The molecule has 1 heterocycles. The van der Waals surface area contributed by atoms with Crippen LogP contribution in [0.5, 0.6) is 11.5 Å². The smallest absolute Gasteiger partial charge is 0.239 e. The Hall–Kier alpha value is -1.75. The minimum Gasteiger partial charge on any atom is -0.497 e. The first-order valence-electron chi connectivity index (χ1n) is 6.42. The Labute approximate surface area is 113 Å². The number of rotatable bonds is 5. The van der Waals surface area contributed by atoms with Crippen LogP contribution in [-0.4, -0.2) is 38.1 Å². The van der Waals surface area contributed by atoms with Crippen molar-refractivity contribution in [2.75, 3.05) is 27.3 Å². The molecule has 0 saturated carbocycles. The molecule has 1 fully saturated rings. The van der Waals surface area contributed by atoms with Gasteiger partial charge in [0.1, 0.15) is 17.5 Å². The number of hydrogen-bond acceptors (Lipinski definition) is 4. The highest BCUT2D eigenvalue weighted by molar-refractivity contribution is 5.82. The Morgan fingerprint density at radius 1 is 1.26 bits per heavy atom. The van der Waals surface area contributed by atoms with Gasteiger partial charge in [0.25, 0.3) is 0 Å². The second-order valence-electron chi connectivity index (χ2n) is 4.66. The van der Waals surface area contributed by atoms with E-state index in [0.29, 0.717) is 11.5 Å². The van der Waals surface area contributed by atoms with Gasteiger partial charge in [-0.1, -0.05) is 0 Å². The van der Waals surface area contributed by atoms with Gasteiger partial charge in [0.15, 0.2) is 0 Å². The Kier molecular flexibility index (Phi) is 4.27. The van der Waals surface area contributed by atoms with Crippen LogP contribution in [0.3, 0.4) is 0 Å². The van der Waals surface area contributed by atoms with Gasteiger partial charge in [-0.3, -0.25) is 9.69 Å². The number of nitrogens with zero attached hydrogens (tertiary/aromatic N) is 1. The van der Waals surface area contributed by atoms with Crippen LogP contribution in [0.25, 0.3) is 0 Å². The van der Waals surface area contributed by atoms with Gasteiger partial charge >= 0.3 is 0 Å². The van der Waals surface area contributed by atoms with Gasteiger partial charge in [-0.05, 0) is 38.1 Å². The molecule has 0 aromatic heterocycles. The van der Waals surface area contributed by atoms with E-state index >= 15 is 0 Å². The predicted octanol–water partition coefficient (Wildman–Crippen LogP) is 1.33. The molecule has 2 rings (SSSR count). The quantitative estimate of drug-likeness (QED) is 0.871. The van der Waals surface area contributed by atoms with Gasteiger partial charge in [-0.25, -0.2) is 0 Å². The summed E-state index contributed by atoms with van der Waals surface area (Å²) in [5.74, 6) is 0.991. The third-order valence-electron chi connectivity index (χ3n) is 3.51. The first-order chi connectivity index (χ1) is 9.17. The van der Waals surface area contributed by atoms with Crippen molar-refractivity contribution in [1.29, 1.82) is 0 Å². The molecule has 1 aromatic carbocycles. The van der Waals surface area contributed by atoms with E-state index in [-0.39, 0.29) is 5.91 Å². The van der Waals surface area contributed by atoms with Crippen molar-refractivity contribution >= 4 is 5.91 Å². The zero-order chi connectivity index (χ0) is 13.8. The molecule has 1 saturated heterocycles. The highest BCUT2D eigenvalue weighted by Crippen LogP contribution is 2.34. The van der Waals surface area contributed by atoms with E-state index in [1.807, 2.05) is 12.1 Å². The van der Waals surface area contributed by atoms with Gasteiger partial charge in [-0.15, -0.1) is 0 Å². The SMILES string of the molecule is COc1ccc(C(C(N)=O)N2CCCC2)c(OC)c1. The van der Waals surface area contributed by atoms with E-state index in [1.165, 1.54) is 0 Å². The van der Waals surface area contributed by atoms with Gasteiger partial charge in [0.05, 0.1) is 14.2 Å². The molecule has 0 radical (unpaired) electrons. The molecule has 104 valence electrons. The summed E-state index contributed by atoms with van der Waals surface area (Å²) in [6.07, 6.45) is 2.20. The highest BCUT2D eigenvalue weighted by atomic mass is 16.5. The number of carbonyl (C=O) groups excluding carboxylic acids is 1. The lowest BCUT2D eigenvalue weighted by atomic mass is 10.0. The Morgan fingerprint density at radius 3 is 2.47 bits per heavy atom. The molecule has 1 atom stereocenters. The van der Waals surface area contributed by atoms with Crippen molar-refractivity contribution in [3.63, 3.8) is 0 Å². The molecule has 5 nitrogen and oxygen atoms in total. The maximum Gasteiger partial charge on any atom is 0.239 e. The molecule has 1 unspecified atom stereocenters. The monoisotopic (exact) mass is 264 g/mol. The van der Waals surface area contributed by atoms with Crippen molar-refractivity contribution in [1.82, 2.24) is 4.90 Å². The highest BCUT2D eigenvalue weighted by Gasteiger charge is 2.30. The molecular weight excluding hydrogens is 244 g/mol. The van der Waals surface area contributed by atoms with Crippen LogP contribution in [0.15, 0.2) is 18.2 Å². The summed E-state index contributed by atoms with van der Waals surface area (Å²) in [7, 11) is 3.18. The fourth-order valence-corrected chi connectivity index (χ4v) is 2.57. The number of primary amides is 1. The first-order valence-corrected chi connectivity index (χ1v) is 6.42. The molecule has 1 aliphatic rings. The molecule has 1 amide bonds. The van der Waals surface area contributed by atoms with Gasteiger partial charge < -0.3 is 15.2 Å². The van der Waals surface area contributed by atoms with E-state index < -0.39 is 6.04 Å². The zero-order valence-corrected chi connectivity index (χ0v) is 11.4. The summed E-state index contributed by atoms with van der Waals surface area (Å²) in [4.78, 5) is 13.9. The molecule has 0 spiro atoms. The van der Waals surface area contributed by atoms with Crippen LogP contribution < -0.4 is 15.2 Å². The van der Waals surface area contributed by atoms with Crippen LogP contribution in [0.1, 0.15) is 24.4 Å². The number of methoxy groups -OCH3 is 2. The summed E-state index contributed by atoms with van der Waals surface area (Å²) in [6, 6.07) is 5.03. The van der Waals surface area contributed by atoms with E-state index in [0.717, 1.165) is 31.5 Å². The van der Waals surface area contributed by atoms with Crippen LogP contribution in [-0.2, 0) is 4.79 Å². The number of nitrogens with two attached hydrogens (primary N) is 1. The van der Waals surface area contributed by atoms with Gasteiger partial charge in [-0.2, -0.15) is 0 Å². The first kappa shape index (κ1) is 13.7. The topological polar surface area (TPSA) is 64.8 Å². The summed E-state index contributed by atoms with van der Waals surface area (Å²) in [6.45, 7) is 1.78. The van der Waals surface area contributed by atoms with Crippen molar-refractivity contribution in [2.45, 2.75) is 18.9 Å². The number of hydrogen-bond donors (Lipinski definition) is 1. The van der Waals surface area contributed by atoms with Crippen LogP contribution >= 0.6 is 0 Å². The summed E-state index contributed by atoms with van der Waals surface area (Å²) in [5.41, 5.74) is 6.38. The average Bonchev–Trinajstić information content (AvgIpc) is 2.92.